The molecule has 0 aliphatic heterocycles. The lowest BCUT2D eigenvalue weighted by Crippen LogP contribution is -2.46. The van der Waals surface area contributed by atoms with E-state index < -0.39 is 28.1 Å². The molecule has 2 atom stereocenters. The topological polar surface area (TPSA) is 104 Å². The molecular formula is C12H15NO5S. The Hall–Kier alpha value is -1.70. The molecule has 0 spiro atoms. The number of carbonyl (C=O) groups is 1. The van der Waals surface area contributed by atoms with Crippen LogP contribution in [0.4, 0.5) is 0 Å². The predicted octanol–water partition coefficient (Wildman–Crippen LogP) is 0.411. The zero-order chi connectivity index (χ0) is 14.5. The van der Waals surface area contributed by atoms with Gasteiger partial charge in [0.05, 0.1) is 6.10 Å². The number of sulfonamides is 1. The van der Waals surface area contributed by atoms with Crippen LogP contribution in [0.15, 0.2) is 35.7 Å². The van der Waals surface area contributed by atoms with Crippen molar-refractivity contribution in [3.05, 3.63) is 41.3 Å². The summed E-state index contributed by atoms with van der Waals surface area (Å²) >= 11 is 0. The number of rotatable bonds is 6. The van der Waals surface area contributed by atoms with Gasteiger partial charge in [0.1, 0.15) is 6.04 Å². The Morgan fingerprint density at radius 2 is 1.89 bits per heavy atom. The van der Waals surface area contributed by atoms with Gasteiger partial charge in [0.25, 0.3) is 0 Å². The van der Waals surface area contributed by atoms with Gasteiger partial charge >= 0.3 is 5.97 Å². The molecule has 7 heteroatoms. The number of aliphatic hydroxyl groups is 1. The molecule has 0 aliphatic rings. The van der Waals surface area contributed by atoms with E-state index in [-0.39, 0.29) is 0 Å². The third-order valence-corrected chi connectivity index (χ3v) is 3.36. The van der Waals surface area contributed by atoms with Gasteiger partial charge in [0, 0.05) is 5.41 Å². The van der Waals surface area contributed by atoms with Crippen LogP contribution in [0.5, 0.6) is 0 Å². The van der Waals surface area contributed by atoms with Crippen molar-refractivity contribution in [1.29, 1.82) is 0 Å². The number of aliphatic carboxylic acids is 1. The fraction of sp³-hybridized carbons (Fsp3) is 0.250. The zero-order valence-corrected chi connectivity index (χ0v) is 11.0. The van der Waals surface area contributed by atoms with Gasteiger partial charge in [-0.05, 0) is 18.6 Å². The first-order valence-electron chi connectivity index (χ1n) is 5.48. The standard InChI is InChI=1S/C12H15NO5S/c1-9(14)11(12(15)16)13-19(17,18)8-7-10-5-3-2-4-6-10/h2-9,11,13-14H,1H3,(H,15,16)/b8-7+. The van der Waals surface area contributed by atoms with Crippen LogP contribution in [0.25, 0.3) is 6.08 Å². The summed E-state index contributed by atoms with van der Waals surface area (Å²) in [5, 5.41) is 18.8. The lowest BCUT2D eigenvalue weighted by atomic mass is 10.2. The number of benzene rings is 1. The molecule has 2 unspecified atom stereocenters. The van der Waals surface area contributed by atoms with Crippen LogP contribution in [0.1, 0.15) is 12.5 Å². The minimum Gasteiger partial charge on any atom is -0.480 e. The van der Waals surface area contributed by atoms with E-state index in [1.54, 1.807) is 30.3 Å². The summed E-state index contributed by atoms with van der Waals surface area (Å²) in [7, 11) is -3.94. The minimum absolute atomic E-state index is 0.664. The van der Waals surface area contributed by atoms with E-state index in [0.29, 0.717) is 5.56 Å². The molecule has 0 saturated carbocycles. The van der Waals surface area contributed by atoms with Crippen LogP contribution in [0, 0.1) is 0 Å². The van der Waals surface area contributed by atoms with Gasteiger partial charge in [0.2, 0.25) is 10.0 Å². The normalized spacial score (nSPS) is 15.3. The molecule has 0 radical (unpaired) electrons. The fourth-order valence-corrected chi connectivity index (χ4v) is 2.37. The summed E-state index contributed by atoms with van der Waals surface area (Å²) in [6.45, 7) is 1.20. The molecule has 0 aliphatic carbocycles. The molecule has 0 saturated heterocycles. The van der Waals surface area contributed by atoms with Gasteiger partial charge in [-0.15, -0.1) is 0 Å². The minimum atomic E-state index is -3.94. The van der Waals surface area contributed by atoms with Crippen LogP contribution in [-0.2, 0) is 14.8 Å². The summed E-state index contributed by atoms with van der Waals surface area (Å²) in [5.74, 6) is -1.44. The maximum Gasteiger partial charge on any atom is 0.324 e. The zero-order valence-electron chi connectivity index (χ0n) is 10.2. The number of hydrogen-bond acceptors (Lipinski definition) is 4. The first-order chi connectivity index (χ1) is 8.82. The highest BCUT2D eigenvalue weighted by atomic mass is 32.2. The van der Waals surface area contributed by atoms with Crippen LogP contribution >= 0.6 is 0 Å². The van der Waals surface area contributed by atoms with E-state index in [1.165, 1.54) is 13.0 Å². The molecule has 1 rings (SSSR count). The maximum atomic E-state index is 11.7. The van der Waals surface area contributed by atoms with Gasteiger partial charge in [-0.3, -0.25) is 4.79 Å². The summed E-state index contributed by atoms with van der Waals surface area (Å²) in [4.78, 5) is 10.8. The summed E-state index contributed by atoms with van der Waals surface area (Å²) in [6, 6.07) is 7.11. The smallest absolute Gasteiger partial charge is 0.324 e. The van der Waals surface area contributed by atoms with Crippen molar-refractivity contribution < 1.29 is 23.4 Å². The molecule has 1 aromatic rings. The van der Waals surface area contributed by atoms with E-state index >= 15 is 0 Å². The van der Waals surface area contributed by atoms with Crippen molar-refractivity contribution in [1.82, 2.24) is 4.72 Å². The van der Waals surface area contributed by atoms with Crippen LogP contribution in [-0.4, -0.2) is 36.7 Å². The molecule has 0 heterocycles. The summed E-state index contributed by atoms with van der Waals surface area (Å²) in [5.41, 5.74) is 0.664. The second-order valence-electron chi connectivity index (χ2n) is 3.93. The summed E-state index contributed by atoms with van der Waals surface area (Å²) in [6.07, 6.45) is 0.000852. The van der Waals surface area contributed by atoms with Crippen molar-refractivity contribution in [3.8, 4) is 0 Å². The molecule has 3 N–H and O–H groups in total. The SMILES string of the molecule is CC(O)C(NS(=O)(=O)/C=C/c1ccccc1)C(=O)O. The fourth-order valence-electron chi connectivity index (χ4n) is 1.30. The highest BCUT2D eigenvalue weighted by Gasteiger charge is 2.26. The quantitative estimate of drug-likeness (QED) is 0.702. The van der Waals surface area contributed by atoms with Crippen LogP contribution in [0.3, 0.4) is 0 Å². The molecule has 0 fully saturated rings. The molecule has 19 heavy (non-hydrogen) atoms. The Labute approximate surface area is 111 Å². The second kappa shape index (κ2) is 6.46. The van der Waals surface area contributed by atoms with Crippen molar-refractivity contribution in [2.75, 3.05) is 0 Å². The highest BCUT2D eigenvalue weighted by molar-refractivity contribution is 7.92. The largest absolute Gasteiger partial charge is 0.480 e. The average molecular weight is 285 g/mol. The third kappa shape index (κ3) is 5.21. The lowest BCUT2D eigenvalue weighted by Gasteiger charge is -2.15. The van der Waals surface area contributed by atoms with E-state index in [2.05, 4.69) is 0 Å². The molecular weight excluding hydrogens is 270 g/mol. The van der Waals surface area contributed by atoms with E-state index in [9.17, 15) is 18.3 Å². The highest BCUT2D eigenvalue weighted by Crippen LogP contribution is 2.04. The van der Waals surface area contributed by atoms with Crippen LogP contribution in [0.2, 0.25) is 0 Å². The molecule has 104 valence electrons. The molecule has 0 bridgehead atoms. The second-order valence-corrected chi connectivity index (χ2v) is 5.53. The molecule has 0 amide bonds. The number of carboxylic acid groups (broad SMARTS) is 1. The van der Waals surface area contributed by atoms with Crippen molar-refractivity contribution >= 4 is 22.1 Å². The number of carboxylic acids is 1. The predicted molar refractivity (Wildman–Crippen MR) is 70.6 cm³/mol. The summed E-state index contributed by atoms with van der Waals surface area (Å²) < 4.78 is 25.2. The third-order valence-electron chi connectivity index (χ3n) is 2.28. The number of aliphatic hydroxyl groups excluding tert-OH is 1. The Balaban J connectivity index is 2.82. The van der Waals surface area contributed by atoms with Gasteiger partial charge < -0.3 is 10.2 Å². The van der Waals surface area contributed by atoms with Gasteiger partial charge in [-0.2, -0.15) is 4.72 Å². The first-order valence-corrected chi connectivity index (χ1v) is 7.03. The van der Waals surface area contributed by atoms with Gasteiger partial charge in [-0.25, -0.2) is 8.42 Å². The Bertz CT molecular complexity index is 551. The maximum absolute atomic E-state index is 11.7. The number of nitrogens with one attached hydrogen (secondary N) is 1. The van der Waals surface area contributed by atoms with Crippen molar-refractivity contribution in [2.45, 2.75) is 19.1 Å². The van der Waals surface area contributed by atoms with Gasteiger partial charge in [0.15, 0.2) is 0 Å². The Kier molecular flexibility index (Phi) is 5.22. The Morgan fingerprint density at radius 1 is 1.32 bits per heavy atom. The van der Waals surface area contributed by atoms with E-state index in [1.807, 2.05) is 4.72 Å². The van der Waals surface area contributed by atoms with E-state index in [0.717, 1.165) is 5.41 Å². The molecule has 6 nitrogen and oxygen atoms in total. The Morgan fingerprint density at radius 3 is 2.37 bits per heavy atom. The van der Waals surface area contributed by atoms with Crippen molar-refractivity contribution in [2.24, 2.45) is 0 Å². The lowest BCUT2D eigenvalue weighted by molar-refractivity contribution is -0.141. The number of hydrogen-bond donors (Lipinski definition) is 3. The van der Waals surface area contributed by atoms with E-state index in [4.69, 9.17) is 5.11 Å². The van der Waals surface area contributed by atoms with Gasteiger partial charge in [-0.1, -0.05) is 30.3 Å². The molecule has 1 aromatic carbocycles. The van der Waals surface area contributed by atoms with Crippen molar-refractivity contribution in [3.63, 3.8) is 0 Å². The average Bonchev–Trinajstić information content (AvgIpc) is 2.34. The monoisotopic (exact) mass is 285 g/mol. The molecule has 0 aromatic heterocycles. The van der Waals surface area contributed by atoms with Crippen LogP contribution < -0.4 is 4.72 Å². The first kappa shape index (κ1) is 15.4.